The molecule has 28 heavy (non-hydrogen) atoms. The van der Waals surface area contributed by atoms with E-state index in [1.54, 1.807) is 6.92 Å². The van der Waals surface area contributed by atoms with Crippen LogP contribution in [0.15, 0.2) is 18.2 Å². The van der Waals surface area contributed by atoms with Crippen LogP contribution in [0, 0.1) is 0 Å². The molecule has 0 amide bonds. The summed E-state index contributed by atoms with van der Waals surface area (Å²) in [6, 6.07) is 4.37. The van der Waals surface area contributed by atoms with Crippen LogP contribution in [0.5, 0.6) is 5.75 Å². The van der Waals surface area contributed by atoms with Crippen LogP contribution in [0.4, 0.5) is 5.69 Å². The molecule has 0 bridgehead atoms. The van der Waals surface area contributed by atoms with E-state index >= 15 is 0 Å². The van der Waals surface area contributed by atoms with Crippen molar-refractivity contribution in [3.63, 3.8) is 0 Å². The second-order valence-corrected chi connectivity index (χ2v) is 10.4. The number of ether oxygens (including phenoxy) is 2. The molecule has 1 heterocycles. The van der Waals surface area contributed by atoms with Crippen LogP contribution >= 0.6 is 11.6 Å². The number of rotatable bonds is 8. The lowest BCUT2D eigenvalue weighted by Crippen LogP contribution is -2.41. The molecule has 1 aliphatic heterocycles. The molecular formula is C16H23ClN2O7S2. The highest BCUT2D eigenvalue weighted by molar-refractivity contribution is 7.93. The highest BCUT2D eigenvalue weighted by Gasteiger charge is 2.26. The summed E-state index contributed by atoms with van der Waals surface area (Å²) in [4.78, 5) is 11.3. The van der Waals surface area contributed by atoms with Gasteiger partial charge in [0.15, 0.2) is 5.75 Å². The summed E-state index contributed by atoms with van der Waals surface area (Å²) in [6.45, 7) is 2.41. The molecule has 0 aromatic heterocycles. The van der Waals surface area contributed by atoms with Gasteiger partial charge in [0, 0.05) is 13.1 Å². The summed E-state index contributed by atoms with van der Waals surface area (Å²) in [5.74, 6) is -1.27. The standard InChI is InChI=1S/C16H23ClN2O7S2/c1-3-25-16(20)11-28(23,24)18-12-4-5-15(14(17)10-12)26-13-6-8-19(9-7-13)27(2,21)22/h4-5,10,13,18H,3,6-9,11H2,1-2H3. The number of carbonyl (C=O) groups excluding carboxylic acids is 1. The van der Waals surface area contributed by atoms with Gasteiger partial charge >= 0.3 is 5.97 Å². The predicted molar refractivity (Wildman–Crippen MR) is 106 cm³/mol. The van der Waals surface area contributed by atoms with E-state index in [9.17, 15) is 21.6 Å². The molecule has 1 N–H and O–H groups in total. The summed E-state index contributed by atoms with van der Waals surface area (Å²) in [5.41, 5.74) is 0.188. The van der Waals surface area contributed by atoms with E-state index in [0.717, 1.165) is 0 Å². The molecule has 1 aliphatic rings. The summed E-state index contributed by atoms with van der Waals surface area (Å²) in [7, 11) is -7.13. The average Bonchev–Trinajstić information content (AvgIpc) is 2.56. The largest absolute Gasteiger partial charge is 0.489 e. The molecule has 158 valence electrons. The van der Waals surface area contributed by atoms with Gasteiger partial charge in [-0.1, -0.05) is 11.6 Å². The summed E-state index contributed by atoms with van der Waals surface area (Å²) < 4.78 is 61.1. The molecule has 9 nitrogen and oxygen atoms in total. The van der Waals surface area contributed by atoms with E-state index in [1.807, 2.05) is 0 Å². The fourth-order valence-corrected chi connectivity index (χ4v) is 4.75. The molecule has 12 heteroatoms. The Morgan fingerprint density at radius 1 is 1.25 bits per heavy atom. The number of nitrogens with zero attached hydrogens (tertiary/aromatic N) is 1. The third-order valence-corrected chi connectivity index (χ3v) is 6.74. The SMILES string of the molecule is CCOC(=O)CS(=O)(=O)Nc1ccc(OC2CCN(S(C)(=O)=O)CC2)c(Cl)c1. The lowest BCUT2D eigenvalue weighted by atomic mass is 10.1. The van der Waals surface area contributed by atoms with Crippen molar-refractivity contribution in [2.45, 2.75) is 25.9 Å². The molecule has 1 aromatic rings. The van der Waals surface area contributed by atoms with Gasteiger partial charge in [-0.15, -0.1) is 0 Å². The molecule has 0 saturated carbocycles. The van der Waals surface area contributed by atoms with Crippen molar-refractivity contribution in [3.8, 4) is 5.75 Å². The lowest BCUT2D eigenvalue weighted by molar-refractivity contribution is -0.139. The Bertz CT molecular complexity index is 911. The van der Waals surface area contributed by atoms with Crippen molar-refractivity contribution < 1.29 is 31.1 Å². The minimum atomic E-state index is -3.92. The first kappa shape index (κ1) is 22.7. The van der Waals surface area contributed by atoms with Gasteiger partial charge in [-0.05, 0) is 38.0 Å². The van der Waals surface area contributed by atoms with Gasteiger partial charge < -0.3 is 9.47 Å². The van der Waals surface area contributed by atoms with Crippen LogP contribution in [0.1, 0.15) is 19.8 Å². The third kappa shape index (κ3) is 6.80. The Balaban J connectivity index is 1.96. The molecule has 0 aliphatic carbocycles. The second kappa shape index (κ2) is 9.29. The number of nitrogens with one attached hydrogen (secondary N) is 1. The van der Waals surface area contributed by atoms with Crippen molar-refractivity contribution in [2.24, 2.45) is 0 Å². The number of benzene rings is 1. The molecule has 0 atom stereocenters. The van der Waals surface area contributed by atoms with Gasteiger partial charge in [0.05, 0.1) is 23.6 Å². The Labute approximate surface area is 170 Å². The number of hydrogen-bond donors (Lipinski definition) is 1. The predicted octanol–water partition coefficient (Wildman–Crippen LogP) is 1.45. The Morgan fingerprint density at radius 2 is 1.89 bits per heavy atom. The first-order valence-electron chi connectivity index (χ1n) is 8.57. The maximum atomic E-state index is 12.0. The van der Waals surface area contributed by atoms with E-state index in [2.05, 4.69) is 9.46 Å². The van der Waals surface area contributed by atoms with Crippen molar-refractivity contribution in [2.75, 3.05) is 36.4 Å². The van der Waals surface area contributed by atoms with Gasteiger partial charge in [0.1, 0.15) is 11.9 Å². The summed E-state index contributed by atoms with van der Waals surface area (Å²) in [6.07, 6.45) is 2.03. The van der Waals surface area contributed by atoms with Gasteiger partial charge in [0.25, 0.3) is 0 Å². The molecule has 1 fully saturated rings. The number of esters is 1. The third-order valence-electron chi connectivity index (χ3n) is 3.98. The van der Waals surface area contributed by atoms with E-state index in [4.69, 9.17) is 16.3 Å². The monoisotopic (exact) mass is 454 g/mol. The number of carbonyl (C=O) groups is 1. The molecule has 2 rings (SSSR count). The van der Waals surface area contributed by atoms with Crippen LogP contribution < -0.4 is 9.46 Å². The Morgan fingerprint density at radius 3 is 2.43 bits per heavy atom. The fourth-order valence-electron chi connectivity index (χ4n) is 2.69. The van der Waals surface area contributed by atoms with Gasteiger partial charge in [0.2, 0.25) is 20.0 Å². The number of anilines is 1. The number of hydrogen-bond acceptors (Lipinski definition) is 7. The van der Waals surface area contributed by atoms with E-state index in [0.29, 0.717) is 31.7 Å². The van der Waals surface area contributed by atoms with Crippen molar-refractivity contribution >= 4 is 43.3 Å². The molecular weight excluding hydrogens is 432 g/mol. The maximum absolute atomic E-state index is 12.0. The minimum absolute atomic E-state index is 0.0926. The first-order chi connectivity index (χ1) is 13.0. The van der Waals surface area contributed by atoms with E-state index in [1.165, 1.54) is 28.8 Å². The molecule has 1 saturated heterocycles. The van der Waals surface area contributed by atoms with Gasteiger partial charge in [-0.3, -0.25) is 9.52 Å². The zero-order valence-electron chi connectivity index (χ0n) is 15.6. The normalized spacial score (nSPS) is 16.5. The fraction of sp³-hybridized carbons (Fsp3) is 0.562. The zero-order valence-corrected chi connectivity index (χ0v) is 17.9. The summed E-state index contributed by atoms with van der Waals surface area (Å²) in [5, 5.41) is 0.196. The van der Waals surface area contributed by atoms with Gasteiger partial charge in [-0.25, -0.2) is 21.1 Å². The Hall–Kier alpha value is -1.56. The zero-order chi connectivity index (χ0) is 20.9. The Kier molecular flexibility index (Phi) is 7.54. The average molecular weight is 455 g/mol. The smallest absolute Gasteiger partial charge is 0.323 e. The number of halogens is 1. The van der Waals surface area contributed by atoms with Crippen molar-refractivity contribution in [1.29, 1.82) is 0 Å². The minimum Gasteiger partial charge on any atom is -0.489 e. The van der Waals surface area contributed by atoms with E-state index < -0.39 is 31.8 Å². The van der Waals surface area contributed by atoms with Crippen LogP contribution in [-0.4, -0.2) is 64.9 Å². The quantitative estimate of drug-likeness (QED) is 0.590. The molecule has 0 unspecified atom stereocenters. The lowest BCUT2D eigenvalue weighted by Gasteiger charge is -2.30. The van der Waals surface area contributed by atoms with Crippen LogP contribution in [-0.2, 0) is 29.6 Å². The topological polar surface area (TPSA) is 119 Å². The van der Waals surface area contributed by atoms with Crippen LogP contribution in [0.25, 0.3) is 0 Å². The summed E-state index contributed by atoms with van der Waals surface area (Å²) >= 11 is 6.18. The highest BCUT2D eigenvalue weighted by Crippen LogP contribution is 2.30. The molecule has 0 spiro atoms. The van der Waals surface area contributed by atoms with Crippen LogP contribution in [0.2, 0.25) is 5.02 Å². The van der Waals surface area contributed by atoms with E-state index in [-0.39, 0.29) is 23.4 Å². The second-order valence-electron chi connectivity index (χ2n) is 6.29. The van der Waals surface area contributed by atoms with Crippen LogP contribution in [0.3, 0.4) is 0 Å². The molecule has 1 aromatic carbocycles. The van der Waals surface area contributed by atoms with Crippen molar-refractivity contribution in [3.05, 3.63) is 23.2 Å². The van der Waals surface area contributed by atoms with Crippen molar-refractivity contribution in [1.82, 2.24) is 4.31 Å². The first-order valence-corrected chi connectivity index (χ1v) is 12.5. The number of sulfonamides is 2. The molecule has 0 radical (unpaired) electrons. The highest BCUT2D eigenvalue weighted by atomic mass is 35.5. The maximum Gasteiger partial charge on any atom is 0.323 e. The van der Waals surface area contributed by atoms with Gasteiger partial charge in [-0.2, -0.15) is 0 Å². The number of piperidine rings is 1.